The molecule has 170 valence electrons. The van der Waals surface area contributed by atoms with Gasteiger partial charge in [0.2, 0.25) is 0 Å². The number of benzene rings is 4. The van der Waals surface area contributed by atoms with Crippen LogP contribution in [-0.4, -0.2) is 12.2 Å². The number of phenols is 1. The molecule has 4 aromatic carbocycles. The summed E-state index contributed by atoms with van der Waals surface area (Å²) in [6.45, 7) is 0. The summed E-state index contributed by atoms with van der Waals surface area (Å²) in [5, 5.41) is 10.8. The highest BCUT2D eigenvalue weighted by Crippen LogP contribution is 2.24. The van der Waals surface area contributed by atoms with Crippen LogP contribution in [0.4, 0.5) is 0 Å². The van der Waals surface area contributed by atoms with Crippen molar-refractivity contribution in [2.24, 2.45) is 0 Å². The lowest BCUT2D eigenvalue weighted by Gasteiger charge is -2.06. The fourth-order valence-corrected chi connectivity index (χ4v) is 4.63. The number of ether oxygens (including phenoxy) is 1. The molecule has 0 saturated heterocycles. The second-order valence-electron chi connectivity index (χ2n) is 7.34. The molecular weight excluding hydrogens is 681 g/mol. The summed E-state index contributed by atoms with van der Waals surface area (Å²) in [6.07, 6.45) is 1.63. The van der Waals surface area contributed by atoms with Crippen LogP contribution < -0.4 is 4.74 Å². The Balaban J connectivity index is 0.000000186. The summed E-state index contributed by atoms with van der Waals surface area (Å²) < 4.78 is 7.52. The zero-order valence-corrected chi connectivity index (χ0v) is 23.7. The Hall–Kier alpha value is -1.48. The summed E-state index contributed by atoms with van der Waals surface area (Å²) in [6, 6.07) is 27.3. The van der Waals surface area contributed by atoms with Crippen molar-refractivity contribution in [2.75, 3.05) is 7.11 Å². The van der Waals surface area contributed by atoms with Gasteiger partial charge >= 0.3 is 0 Å². The van der Waals surface area contributed by atoms with Crippen molar-refractivity contribution in [3.63, 3.8) is 0 Å². The Kier molecular flexibility index (Phi) is 10.2. The zero-order valence-electron chi connectivity index (χ0n) is 17.9. The molecule has 33 heavy (non-hydrogen) atoms. The van der Waals surface area contributed by atoms with Gasteiger partial charge < -0.3 is 9.84 Å². The second-order valence-corrected chi connectivity index (χ2v) is 10.6. The van der Waals surface area contributed by atoms with Gasteiger partial charge in [0.05, 0.1) is 7.11 Å². The van der Waals surface area contributed by atoms with Gasteiger partial charge in [0.25, 0.3) is 0 Å². The third-order valence-corrected chi connectivity index (χ3v) is 6.98. The summed E-state index contributed by atoms with van der Waals surface area (Å²) in [7, 11) is 1.67. The standard InChI is InChI=1S/C14H12ClIO.C13H10ClIO/c1-17-13-5-2-10(3-6-13)8-11-9-12(16)4-7-14(11)15;14-13-6-3-11(15)8-10(13)7-9-1-4-12(16)5-2-9/h2-7,9H,8H2,1H3;1-6,8,16H,7H2. The van der Waals surface area contributed by atoms with Crippen molar-refractivity contribution in [2.45, 2.75) is 12.8 Å². The number of hydrogen-bond donors (Lipinski definition) is 1. The lowest BCUT2D eigenvalue weighted by molar-refractivity contribution is 0.414. The smallest absolute Gasteiger partial charge is 0.118 e. The first kappa shape index (κ1) is 26.1. The molecule has 0 saturated carbocycles. The van der Waals surface area contributed by atoms with Gasteiger partial charge in [0.15, 0.2) is 0 Å². The molecule has 6 heteroatoms. The average Bonchev–Trinajstić information content (AvgIpc) is 2.81. The van der Waals surface area contributed by atoms with E-state index in [4.69, 9.17) is 27.9 Å². The molecule has 1 N–H and O–H groups in total. The maximum atomic E-state index is 9.19. The van der Waals surface area contributed by atoms with Crippen LogP contribution in [0.5, 0.6) is 11.5 Å². The molecule has 0 amide bonds. The van der Waals surface area contributed by atoms with Gasteiger partial charge in [-0.25, -0.2) is 0 Å². The van der Waals surface area contributed by atoms with Crippen LogP contribution in [-0.2, 0) is 12.8 Å². The van der Waals surface area contributed by atoms with Crippen molar-refractivity contribution in [3.05, 3.63) is 124 Å². The molecule has 4 aromatic rings. The first-order chi connectivity index (χ1) is 15.8. The summed E-state index contributed by atoms with van der Waals surface area (Å²) in [5.41, 5.74) is 4.64. The van der Waals surface area contributed by atoms with Gasteiger partial charge in [-0.05, 0) is 141 Å². The number of methoxy groups -OCH3 is 1. The SMILES string of the molecule is COc1ccc(Cc2cc(I)ccc2Cl)cc1.Oc1ccc(Cc2cc(I)ccc2Cl)cc1. The fraction of sp³-hybridized carbons (Fsp3) is 0.111. The number of hydrogen-bond acceptors (Lipinski definition) is 2. The summed E-state index contributed by atoms with van der Waals surface area (Å²) in [5.74, 6) is 1.17. The lowest BCUT2D eigenvalue weighted by Crippen LogP contribution is -1.91. The Labute approximate surface area is 232 Å². The minimum Gasteiger partial charge on any atom is -0.508 e. The van der Waals surface area contributed by atoms with Gasteiger partial charge in [-0.2, -0.15) is 0 Å². The van der Waals surface area contributed by atoms with Crippen LogP contribution in [0.1, 0.15) is 22.3 Å². The highest BCUT2D eigenvalue weighted by Gasteiger charge is 2.04. The van der Waals surface area contributed by atoms with Crippen LogP contribution in [0.2, 0.25) is 10.0 Å². The molecule has 4 rings (SSSR count). The van der Waals surface area contributed by atoms with Gasteiger partial charge in [-0.15, -0.1) is 0 Å². The van der Waals surface area contributed by atoms with E-state index in [2.05, 4.69) is 69.4 Å². The first-order valence-electron chi connectivity index (χ1n) is 10.1. The lowest BCUT2D eigenvalue weighted by atomic mass is 10.1. The molecule has 0 bridgehead atoms. The topological polar surface area (TPSA) is 29.5 Å². The number of halogens is 4. The van der Waals surface area contributed by atoms with E-state index in [9.17, 15) is 5.11 Å². The minimum absolute atomic E-state index is 0.289. The second kappa shape index (κ2) is 12.8. The Morgan fingerprint density at radius 3 is 1.52 bits per heavy atom. The molecular formula is C27H22Cl2I2O2. The molecule has 0 aliphatic carbocycles. The molecule has 0 fully saturated rings. The van der Waals surface area contributed by atoms with E-state index >= 15 is 0 Å². The van der Waals surface area contributed by atoms with E-state index in [-0.39, 0.29) is 5.75 Å². The van der Waals surface area contributed by atoms with Crippen molar-refractivity contribution < 1.29 is 9.84 Å². The highest BCUT2D eigenvalue weighted by atomic mass is 127. The van der Waals surface area contributed by atoms with Gasteiger partial charge in [-0.1, -0.05) is 47.5 Å². The molecule has 0 heterocycles. The monoisotopic (exact) mass is 702 g/mol. The maximum Gasteiger partial charge on any atom is 0.118 e. The number of aromatic hydroxyl groups is 1. The van der Waals surface area contributed by atoms with E-state index in [0.717, 1.165) is 45.3 Å². The molecule has 0 aromatic heterocycles. The third kappa shape index (κ3) is 8.35. The number of rotatable bonds is 5. The molecule has 0 aliphatic heterocycles. The number of phenolic OH excluding ortho intramolecular Hbond substituents is 1. The Morgan fingerprint density at radius 2 is 1.09 bits per heavy atom. The minimum atomic E-state index is 0.289. The van der Waals surface area contributed by atoms with Gasteiger partial charge in [-0.3, -0.25) is 0 Å². The van der Waals surface area contributed by atoms with E-state index < -0.39 is 0 Å². The van der Waals surface area contributed by atoms with Crippen molar-refractivity contribution in [1.82, 2.24) is 0 Å². The van der Waals surface area contributed by atoms with Crippen LogP contribution in [0.3, 0.4) is 0 Å². The largest absolute Gasteiger partial charge is 0.508 e. The summed E-state index contributed by atoms with van der Waals surface area (Å²) >= 11 is 16.9. The first-order valence-corrected chi connectivity index (χ1v) is 13.0. The van der Waals surface area contributed by atoms with E-state index in [1.807, 2.05) is 48.5 Å². The van der Waals surface area contributed by atoms with Crippen molar-refractivity contribution in [3.8, 4) is 11.5 Å². The zero-order chi connectivity index (χ0) is 23.8. The molecule has 2 nitrogen and oxygen atoms in total. The molecule has 0 spiro atoms. The normalized spacial score (nSPS) is 10.3. The average molecular weight is 703 g/mol. The van der Waals surface area contributed by atoms with Crippen molar-refractivity contribution in [1.29, 1.82) is 0 Å². The maximum absolute atomic E-state index is 9.19. The van der Waals surface area contributed by atoms with E-state index in [0.29, 0.717) is 0 Å². The highest BCUT2D eigenvalue weighted by molar-refractivity contribution is 14.1. The van der Waals surface area contributed by atoms with Crippen LogP contribution in [0.15, 0.2) is 84.9 Å². The molecule has 0 unspecified atom stereocenters. The third-order valence-electron chi connectivity index (χ3n) is 4.90. The van der Waals surface area contributed by atoms with Gasteiger partial charge in [0.1, 0.15) is 11.5 Å². The molecule has 0 radical (unpaired) electrons. The van der Waals surface area contributed by atoms with Crippen LogP contribution >= 0.6 is 68.4 Å². The Morgan fingerprint density at radius 1 is 0.667 bits per heavy atom. The van der Waals surface area contributed by atoms with E-state index in [1.165, 1.54) is 12.7 Å². The van der Waals surface area contributed by atoms with Crippen LogP contribution in [0.25, 0.3) is 0 Å². The van der Waals surface area contributed by atoms with Gasteiger partial charge in [0, 0.05) is 17.2 Å². The fourth-order valence-electron chi connectivity index (χ4n) is 3.15. The van der Waals surface area contributed by atoms with Crippen LogP contribution in [0, 0.1) is 7.14 Å². The Bertz CT molecular complexity index is 1190. The van der Waals surface area contributed by atoms with Crippen molar-refractivity contribution >= 4 is 68.4 Å². The predicted octanol–water partition coefficient (Wildman–Crippen LogP) is 8.79. The predicted molar refractivity (Wildman–Crippen MR) is 155 cm³/mol. The molecule has 0 aliphatic rings. The quantitative estimate of drug-likeness (QED) is 0.211. The molecule has 0 atom stereocenters. The van der Waals surface area contributed by atoms with E-state index in [1.54, 1.807) is 19.2 Å². The summed E-state index contributed by atoms with van der Waals surface area (Å²) in [4.78, 5) is 0.